The molecule has 0 aromatic heterocycles. The Balaban J connectivity index is 2.64. The van der Waals surface area contributed by atoms with Gasteiger partial charge in [-0.3, -0.25) is 4.79 Å². The lowest BCUT2D eigenvalue weighted by Gasteiger charge is -1.96. The van der Waals surface area contributed by atoms with Crippen LogP contribution in [-0.4, -0.2) is 11.2 Å². The molecule has 0 saturated heterocycles. The van der Waals surface area contributed by atoms with Crippen LogP contribution in [0.3, 0.4) is 0 Å². The molecule has 1 unspecified atom stereocenters. The average Bonchev–Trinajstić information content (AvgIpc) is 2.15. The predicted octanol–water partition coefficient (Wildman–Crippen LogP) is 2.90. The lowest BCUT2D eigenvalue weighted by molar-refractivity contribution is -0.115. The van der Waals surface area contributed by atoms with Gasteiger partial charge < -0.3 is 0 Å². The number of allylic oxidation sites excluding steroid dienone is 1. The van der Waals surface area contributed by atoms with Crippen molar-refractivity contribution in [1.29, 1.82) is 0 Å². The fourth-order valence-corrected chi connectivity index (χ4v) is 0.968. The number of rotatable bonds is 3. The van der Waals surface area contributed by atoms with E-state index in [2.05, 4.69) is 0 Å². The van der Waals surface area contributed by atoms with E-state index in [9.17, 15) is 4.79 Å². The Morgan fingerprint density at radius 3 is 2.54 bits per heavy atom. The molecule has 0 radical (unpaired) electrons. The van der Waals surface area contributed by atoms with Gasteiger partial charge in [-0.1, -0.05) is 42.5 Å². The molecule has 13 heavy (non-hydrogen) atoms. The molecule has 0 N–H and O–H groups in total. The van der Waals surface area contributed by atoms with Crippen molar-refractivity contribution in [2.24, 2.45) is 0 Å². The third kappa shape index (κ3) is 3.43. The molecule has 0 aliphatic rings. The Labute approximate surface area is 83.0 Å². The van der Waals surface area contributed by atoms with Gasteiger partial charge in [-0.2, -0.15) is 0 Å². The number of halogens is 1. The van der Waals surface area contributed by atoms with E-state index in [0.29, 0.717) is 0 Å². The third-order valence-corrected chi connectivity index (χ3v) is 2.10. The standard InChI is InChI=1S/C11H11ClO/c1-9(13)11(12)8-7-10-5-3-2-4-6-10/h2-8,11H,1H3. The van der Waals surface area contributed by atoms with Crippen LogP contribution in [0.5, 0.6) is 0 Å². The van der Waals surface area contributed by atoms with Gasteiger partial charge >= 0.3 is 0 Å². The Morgan fingerprint density at radius 1 is 1.38 bits per heavy atom. The van der Waals surface area contributed by atoms with E-state index < -0.39 is 5.38 Å². The molecular formula is C11H11ClO. The first-order chi connectivity index (χ1) is 6.20. The largest absolute Gasteiger partial charge is 0.298 e. The summed E-state index contributed by atoms with van der Waals surface area (Å²) in [5.74, 6) is -0.0335. The van der Waals surface area contributed by atoms with Crippen LogP contribution in [0, 0.1) is 0 Å². The fraction of sp³-hybridized carbons (Fsp3) is 0.182. The molecular weight excluding hydrogens is 184 g/mol. The molecule has 1 aromatic carbocycles. The highest BCUT2D eigenvalue weighted by atomic mass is 35.5. The molecule has 0 fully saturated rings. The van der Waals surface area contributed by atoms with Gasteiger partial charge in [-0.05, 0) is 12.5 Å². The smallest absolute Gasteiger partial charge is 0.151 e. The van der Waals surface area contributed by atoms with Crippen molar-refractivity contribution < 1.29 is 4.79 Å². The SMILES string of the molecule is CC(=O)C(Cl)C=Cc1ccccc1. The first-order valence-corrected chi connectivity index (χ1v) is 4.51. The molecule has 1 aromatic rings. The zero-order chi connectivity index (χ0) is 9.68. The number of alkyl halides is 1. The number of ketones is 1. The normalized spacial score (nSPS) is 13.1. The zero-order valence-corrected chi connectivity index (χ0v) is 8.16. The third-order valence-electron chi connectivity index (χ3n) is 1.65. The van der Waals surface area contributed by atoms with Crippen molar-refractivity contribution in [2.45, 2.75) is 12.3 Å². The number of carbonyl (C=O) groups is 1. The van der Waals surface area contributed by atoms with Crippen LogP contribution >= 0.6 is 11.6 Å². The number of hydrogen-bond donors (Lipinski definition) is 0. The van der Waals surface area contributed by atoms with E-state index in [1.807, 2.05) is 36.4 Å². The first kappa shape index (κ1) is 10.0. The quantitative estimate of drug-likeness (QED) is 0.677. The van der Waals surface area contributed by atoms with Crippen molar-refractivity contribution in [3.8, 4) is 0 Å². The second kappa shape index (κ2) is 4.83. The van der Waals surface area contributed by atoms with Crippen molar-refractivity contribution in [1.82, 2.24) is 0 Å². The molecule has 68 valence electrons. The summed E-state index contributed by atoms with van der Waals surface area (Å²) in [7, 11) is 0. The van der Waals surface area contributed by atoms with Crippen molar-refractivity contribution in [3.63, 3.8) is 0 Å². The summed E-state index contributed by atoms with van der Waals surface area (Å²) >= 11 is 5.73. The van der Waals surface area contributed by atoms with Crippen LogP contribution in [0.15, 0.2) is 36.4 Å². The molecule has 1 nitrogen and oxygen atoms in total. The maximum absolute atomic E-state index is 10.8. The Bertz CT molecular complexity index is 303. The lowest BCUT2D eigenvalue weighted by Crippen LogP contribution is -2.05. The maximum Gasteiger partial charge on any atom is 0.151 e. The molecule has 0 saturated carbocycles. The minimum Gasteiger partial charge on any atom is -0.298 e. The van der Waals surface area contributed by atoms with Crippen LogP contribution in [0.1, 0.15) is 12.5 Å². The van der Waals surface area contributed by atoms with Crippen molar-refractivity contribution in [2.75, 3.05) is 0 Å². The second-order valence-corrected chi connectivity index (χ2v) is 3.25. The minimum atomic E-state index is -0.514. The molecule has 0 bridgehead atoms. The summed E-state index contributed by atoms with van der Waals surface area (Å²) < 4.78 is 0. The number of hydrogen-bond acceptors (Lipinski definition) is 1. The van der Waals surface area contributed by atoms with Crippen LogP contribution in [0.2, 0.25) is 0 Å². The predicted molar refractivity (Wildman–Crippen MR) is 55.8 cm³/mol. The van der Waals surface area contributed by atoms with Gasteiger partial charge in [0, 0.05) is 0 Å². The van der Waals surface area contributed by atoms with Crippen molar-refractivity contribution >= 4 is 23.5 Å². The molecule has 1 rings (SSSR count). The topological polar surface area (TPSA) is 17.1 Å². The highest BCUT2D eigenvalue weighted by molar-refractivity contribution is 6.32. The number of Topliss-reactive ketones (excluding diaryl/α,β-unsaturated/α-hetero) is 1. The molecule has 0 aliphatic heterocycles. The van der Waals surface area contributed by atoms with Gasteiger partial charge in [0.2, 0.25) is 0 Å². The fourth-order valence-electron chi connectivity index (χ4n) is 0.895. The van der Waals surface area contributed by atoms with Crippen LogP contribution in [0.25, 0.3) is 6.08 Å². The molecule has 0 spiro atoms. The van der Waals surface area contributed by atoms with E-state index >= 15 is 0 Å². The van der Waals surface area contributed by atoms with Gasteiger partial charge in [0.15, 0.2) is 5.78 Å². The van der Waals surface area contributed by atoms with Crippen LogP contribution in [0.4, 0.5) is 0 Å². The Hall–Kier alpha value is -1.08. The Kier molecular flexibility index (Phi) is 3.71. The van der Waals surface area contributed by atoms with E-state index in [4.69, 9.17) is 11.6 Å². The summed E-state index contributed by atoms with van der Waals surface area (Å²) in [4.78, 5) is 10.8. The van der Waals surface area contributed by atoms with Gasteiger partial charge in [0.25, 0.3) is 0 Å². The van der Waals surface area contributed by atoms with E-state index in [1.165, 1.54) is 6.92 Å². The first-order valence-electron chi connectivity index (χ1n) is 4.08. The number of carbonyl (C=O) groups excluding carboxylic acids is 1. The van der Waals surface area contributed by atoms with Gasteiger partial charge in [-0.15, -0.1) is 11.6 Å². The van der Waals surface area contributed by atoms with E-state index in [-0.39, 0.29) is 5.78 Å². The molecule has 0 heterocycles. The monoisotopic (exact) mass is 194 g/mol. The molecule has 0 amide bonds. The lowest BCUT2D eigenvalue weighted by atomic mass is 10.2. The van der Waals surface area contributed by atoms with Gasteiger partial charge in [-0.25, -0.2) is 0 Å². The Morgan fingerprint density at radius 2 is 2.00 bits per heavy atom. The minimum absolute atomic E-state index is 0.0335. The van der Waals surface area contributed by atoms with Crippen molar-refractivity contribution in [3.05, 3.63) is 42.0 Å². The molecule has 1 atom stereocenters. The van der Waals surface area contributed by atoms with E-state index in [0.717, 1.165) is 5.56 Å². The summed E-state index contributed by atoms with van der Waals surface area (Å²) in [6.45, 7) is 1.48. The molecule has 2 heteroatoms. The zero-order valence-electron chi connectivity index (χ0n) is 7.41. The summed E-state index contributed by atoms with van der Waals surface area (Å²) in [5, 5.41) is -0.514. The van der Waals surface area contributed by atoms with Gasteiger partial charge in [0.05, 0.1) is 0 Å². The van der Waals surface area contributed by atoms with Crippen LogP contribution < -0.4 is 0 Å². The second-order valence-electron chi connectivity index (χ2n) is 2.78. The summed E-state index contributed by atoms with van der Waals surface area (Å²) in [6.07, 6.45) is 3.54. The van der Waals surface area contributed by atoms with E-state index in [1.54, 1.807) is 6.08 Å². The summed E-state index contributed by atoms with van der Waals surface area (Å²) in [5.41, 5.74) is 1.05. The highest BCUT2D eigenvalue weighted by Crippen LogP contribution is 2.05. The number of benzene rings is 1. The highest BCUT2D eigenvalue weighted by Gasteiger charge is 2.03. The van der Waals surface area contributed by atoms with Gasteiger partial charge in [0.1, 0.15) is 5.38 Å². The molecule has 0 aliphatic carbocycles. The maximum atomic E-state index is 10.8. The average molecular weight is 195 g/mol. The summed E-state index contributed by atoms with van der Waals surface area (Å²) in [6, 6.07) is 9.74. The van der Waals surface area contributed by atoms with Crippen LogP contribution in [-0.2, 0) is 4.79 Å².